The van der Waals surface area contributed by atoms with Gasteiger partial charge in [-0.25, -0.2) is 0 Å². The van der Waals surface area contributed by atoms with Crippen LogP contribution in [0, 0.1) is 6.92 Å². The van der Waals surface area contributed by atoms with E-state index in [2.05, 4.69) is 0 Å². The largest absolute Gasteiger partial charge is 0.496 e. The number of carboxylic acid groups (broad SMARTS) is 1. The van der Waals surface area contributed by atoms with E-state index in [0.29, 0.717) is 38.9 Å². The minimum atomic E-state index is -0.824. The van der Waals surface area contributed by atoms with E-state index in [0.717, 1.165) is 65.1 Å². The molecular formula is C29H41NO7. The van der Waals surface area contributed by atoms with Crippen molar-refractivity contribution < 1.29 is 33.7 Å². The molecule has 1 fully saturated rings. The van der Waals surface area contributed by atoms with Crippen LogP contribution in [0.3, 0.4) is 0 Å². The number of hydrogen-bond donors (Lipinski definition) is 1. The number of carbonyl (C=O) groups excluding carboxylic acids is 2. The maximum atomic E-state index is 12.8. The summed E-state index contributed by atoms with van der Waals surface area (Å²) in [5.74, 6) is -0.289. The zero-order chi connectivity index (χ0) is 26.9. The van der Waals surface area contributed by atoms with Gasteiger partial charge in [0.05, 0.1) is 20.3 Å². The molecule has 0 radical (unpaired) electrons. The molecule has 1 N–H and O–H groups in total. The predicted molar refractivity (Wildman–Crippen MR) is 139 cm³/mol. The number of esters is 1. The maximum absolute atomic E-state index is 12.8. The average Bonchev–Trinajstić information content (AvgIpc) is 3.36. The normalized spacial score (nSPS) is 16.3. The first kappa shape index (κ1) is 28.7. The number of fused-ring (bicyclic) bond motifs is 1. The topological polar surface area (TPSA) is 102 Å². The molecule has 1 unspecified atom stereocenters. The first-order valence-corrected chi connectivity index (χ1v) is 13.4. The fraction of sp³-hybridized carbons (Fsp3) is 0.621. The van der Waals surface area contributed by atoms with Gasteiger partial charge in [0.1, 0.15) is 11.9 Å². The highest BCUT2D eigenvalue weighted by atomic mass is 16.5. The Morgan fingerprint density at radius 2 is 1.76 bits per heavy atom. The molecule has 1 atom stereocenters. The number of aliphatic carboxylic acids is 1. The molecule has 1 aromatic carbocycles. The molecular weight excluding hydrogens is 474 g/mol. The van der Waals surface area contributed by atoms with Gasteiger partial charge in [0.15, 0.2) is 0 Å². The molecule has 0 aliphatic carbocycles. The molecule has 1 amide bonds. The van der Waals surface area contributed by atoms with Gasteiger partial charge < -0.3 is 24.2 Å². The molecule has 1 aromatic rings. The van der Waals surface area contributed by atoms with Crippen LogP contribution in [0.15, 0.2) is 11.6 Å². The van der Waals surface area contributed by atoms with Gasteiger partial charge in [-0.2, -0.15) is 0 Å². The van der Waals surface area contributed by atoms with Gasteiger partial charge in [0, 0.05) is 43.5 Å². The van der Waals surface area contributed by atoms with E-state index in [-0.39, 0.29) is 24.7 Å². The van der Waals surface area contributed by atoms with Crippen LogP contribution in [0.25, 0.3) is 0 Å². The van der Waals surface area contributed by atoms with Crippen molar-refractivity contribution in [1.29, 1.82) is 0 Å². The van der Waals surface area contributed by atoms with Crippen molar-refractivity contribution in [2.75, 3.05) is 20.2 Å². The van der Waals surface area contributed by atoms with Gasteiger partial charge in [-0.15, -0.1) is 0 Å². The van der Waals surface area contributed by atoms with E-state index < -0.39 is 12.1 Å². The summed E-state index contributed by atoms with van der Waals surface area (Å²) in [6.45, 7) is 8.35. The third-order valence-electron chi connectivity index (χ3n) is 7.36. The lowest BCUT2D eigenvalue weighted by Crippen LogP contribution is -2.35. The Balaban J connectivity index is 1.73. The Hall–Kier alpha value is -2.87. The summed E-state index contributed by atoms with van der Waals surface area (Å²) in [4.78, 5) is 38.0. The van der Waals surface area contributed by atoms with Gasteiger partial charge in [-0.05, 0) is 76.0 Å². The number of benzene rings is 1. The van der Waals surface area contributed by atoms with Crippen LogP contribution in [-0.2, 0) is 43.5 Å². The first-order valence-electron chi connectivity index (χ1n) is 13.4. The summed E-state index contributed by atoms with van der Waals surface area (Å²) in [5.41, 5.74) is 5.92. The summed E-state index contributed by atoms with van der Waals surface area (Å²) in [6.07, 6.45) is 6.88. The van der Waals surface area contributed by atoms with Crippen LogP contribution in [0.5, 0.6) is 5.75 Å². The second-order valence-corrected chi connectivity index (χ2v) is 10.1. The van der Waals surface area contributed by atoms with Crippen LogP contribution >= 0.6 is 0 Å². The Bertz CT molecular complexity index is 1020. The predicted octanol–water partition coefficient (Wildman–Crippen LogP) is 5.17. The number of amides is 1. The number of likely N-dealkylation sites (tertiary alicyclic amines) is 1. The van der Waals surface area contributed by atoms with Crippen molar-refractivity contribution in [2.24, 2.45) is 0 Å². The second-order valence-electron chi connectivity index (χ2n) is 10.1. The Kier molecular flexibility index (Phi) is 10.6. The molecule has 8 nitrogen and oxygen atoms in total. The first-order chi connectivity index (χ1) is 17.7. The lowest BCUT2D eigenvalue weighted by atomic mass is 9.88. The van der Waals surface area contributed by atoms with Gasteiger partial charge in [0.25, 0.3) is 0 Å². The van der Waals surface area contributed by atoms with E-state index in [1.54, 1.807) is 7.11 Å². The van der Waals surface area contributed by atoms with Crippen molar-refractivity contribution in [3.8, 4) is 5.75 Å². The number of carboxylic acids is 1. The Morgan fingerprint density at radius 1 is 1.05 bits per heavy atom. The van der Waals surface area contributed by atoms with E-state index >= 15 is 0 Å². The van der Waals surface area contributed by atoms with Crippen LogP contribution in [-0.4, -0.2) is 48.1 Å². The number of piperidine rings is 1. The van der Waals surface area contributed by atoms with Crippen LogP contribution < -0.4 is 4.74 Å². The minimum Gasteiger partial charge on any atom is -0.496 e. The number of ether oxygens (including phenoxy) is 3. The van der Waals surface area contributed by atoms with E-state index in [4.69, 9.17) is 19.3 Å². The van der Waals surface area contributed by atoms with E-state index in [1.807, 2.05) is 31.7 Å². The number of methoxy groups -OCH3 is 1. The molecule has 1 saturated heterocycles. The van der Waals surface area contributed by atoms with Gasteiger partial charge in [0.2, 0.25) is 5.91 Å². The van der Waals surface area contributed by atoms with Crippen molar-refractivity contribution in [3.63, 3.8) is 0 Å². The Labute approximate surface area is 220 Å². The lowest BCUT2D eigenvalue weighted by molar-refractivity contribution is -0.149. The third kappa shape index (κ3) is 7.57. The molecule has 0 aromatic heterocycles. The fourth-order valence-corrected chi connectivity index (χ4v) is 5.32. The molecule has 2 aliphatic rings. The van der Waals surface area contributed by atoms with Crippen LogP contribution in [0.1, 0.15) is 99.1 Å². The molecule has 37 heavy (non-hydrogen) atoms. The van der Waals surface area contributed by atoms with Crippen LogP contribution in [0.4, 0.5) is 0 Å². The SMILES string of the molecule is COc1c(C)c2c(c(C(C)OC(=O)CCCC(=O)N3CCCCC3)c1CC=C(C)CCC(=O)O)COC2. The number of carbonyl (C=O) groups is 3. The summed E-state index contributed by atoms with van der Waals surface area (Å²) in [5, 5.41) is 9.00. The fourth-order valence-electron chi connectivity index (χ4n) is 5.32. The summed E-state index contributed by atoms with van der Waals surface area (Å²) in [7, 11) is 1.63. The minimum absolute atomic E-state index is 0.0810. The highest BCUT2D eigenvalue weighted by Gasteiger charge is 2.29. The zero-order valence-corrected chi connectivity index (χ0v) is 22.7. The van der Waals surface area contributed by atoms with Crippen molar-refractivity contribution in [1.82, 2.24) is 4.90 Å². The molecule has 2 heterocycles. The maximum Gasteiger partial charge on any atom is 0.306 e. The monoisotopic (exact) mass is 515 g/mol. The average molecular weight is 516 g/mol. The van der Waals surface area contributed by atoms with E-state index in [1.165, 1.54) is 6.42 Å². The number of allylic oxidation sites excluding steroid dienone is 2. The second kappa shape index (κ2) is 13.6. The highest BCUT2D eigenvalue weighted by Crippen LogP contribution is 2.42. The molecule has 3 rings (SSSR count). The molecule has 204 valence electrons. The number of nitrogens with zero attached hydrogens (tertiary/aromatic N) is 1. The van der Waals surface area contributed by atoms with Crippen LogP contribution in [0.2, 0.25) is 0 Å². The number of hydrogen-bond acceptors (Lipinski definition) is 6. The molecule has 8 heteroatoms. The van der Waals surface area contributed by atoms with Crippen molar-refractivity contribution in [2.45, 2.75) is 97.9 Å². The molecule has 0 spiro atoms. The zero-order valence-electron chi connectivity index (χ0n) is 22.7. The summed E-state index contributed by atoms with van der Waals surface area (Å²) < 4.78 is 17.5. The highest BCUT2D eigenvalue weighted by molar-refractivity contribution is 5.77. The van der Waals surface area contributed by atoms with Gasteiger partial charge >= 0.3 is 11.9 Å². The molecule has 2 aliphatic heterocycles. The summed E-state index contributed by atoms with van der Waals surface area (Å²) >= 11 is 0. The van der Waals surface area contributed by atoms with Gasteiger partial charge in [-0.1, -0.05) is 11.6 Å². The third-order valence-corrected chi connectivity index (χ3v) is 7.36. The lowest BCUT2D eigenvalue weighted by Gasteiger charge is -2.26. The standard InChI is InChI=1S/C29H41NO7/c1-19(12-14-26(32)33)11-13-22-28(24-18-36-17-23(24)20(2)29(22)35-4)21(3)37-27(34)10-8-9-25(31)30-15-6-5-7-16-30/h11,21H,5-10,12-18H2,1-4H3,(H,32,33). The smallest absolute Gasteiger partial charge is 0.306 e. The quantitative estimate of drug-likeness (QED) is 0.302. The number of rotatable bonds is 12. The van der Waals surface area contributed by atoms with E-state index in [9.17, 15) is 14.4 Å². The van der Waals surface area contributed by atoms with Gasteiger partial charge in [-0.3, -0.25) is 14.4 Å². The Morgan fingerprint density at radius 3 is 2.43 bits per heavy atom. The molecule has 0 bridgehead atoms. The molecule has 0 saturated carbocycles. The summed E-state index contributed by atoms with van der Waals surface area (Å²) in [6, 6.07) is 0. The van der Waals surface area contributed by atoms with Crippen molar-refractivity contribution >= 4 is 17.8 Å². The van der Waals surface area contributed by atoms with Crippen molar-refractivity contribution in [3.05, 3.63) is 39.5 Å².